The maximum atomic E-state index is 12.7. The number of nitrogens with zero attached hydrogens (tertiary/aromatic N) is 3. The predicted molar refractivity (Wildman–Crippen MR) is 124 cm³/mol. The van der Waals surface area contributed by atoms with Gasteiger partial charge in [0, 0.05) is 44.0 Å². The third-order valence-electron chi connectivity index (χ3n) is 5.70. The second kappa shape index (κ2) is 9.10. The van der Waals surface area contributed by atoms with Crippen molar-refractivity contribution in [2.45, 2.75) is 39.4 Å². The van der Waals surface area contributed by atoms with Crippen LogP contribution in [0.25, 0.3) is 0 Å². The molecule has 4 rings (SSSR count). The first kappa shape index (κ1) is 22.0. The van der Waals surface area contributed by atoms with E-state index in [0.29, 0.717) is 19.6 Å². The van der Waals surface area contributed by atoms with E-state index in [9.17, 15) is 9.59 Å². The van der Waals surface area contributed by atoms with Gasteiger partial charge in [-0.2, -0.15) is 0 Å². The average molecular weight is 438 g/mol. The monoisotopic (exact) mass is 437 g/mol. The van der Waals surface area contributed by atoms with Gasteiger partial charge in [0.2, 0.25) is 0 Å². The van der Waals surface area contributed by atoms with Crippen LogP contribution in [-0.2, 0) is 22.5 Å². The Morgan fingerprint density at radius 1 is 0.844 bits per heavy atom. The van der Waals surface area contributed by atoms with Gasteiger partial charge in [0.1, 0.15) is 12.2 Å². The maximum absolute atomic E-state index is 12.7. The number of benzene rings is 2. The number of amides is 2. The Labute approximate surface area is 189 Å². The Morgan fingerprint density at radius 3 is 2.22 bits per heavy atom. The second-order valence-electron chi connectivity index (χ2n) is 9.17. The summed E-state index contributed by atoms with van der Waals surface area (Å²) in [5.74, 6) is 0. The van der Waals surface area contributed by atoms with Crippen molar-refractivity contribution in [3.63, 3.8) is 0 Å². The van der Waals surface area contributed by atoms with Gasteiger partial charge in [-0.15, -0.1) is 0 Å². The van der Waals surface area contributed by atoms with E-state index in [1.807, 2.05) is 63.2 Å². The zero-order valence-electron chi connectivity index (χ0n) is 19.0. The average Bonchev–Trinajstić information content (AvgIpc) is 3.21. The molecular weight excluding hydrogens is 406 g/mol. The first-order chi connectivity index (χ1) is 15.3. The van der Waals surface area contributed by atoms with Crippen LogP contribution in [0.5, 0.6) is 0 Å². The van der Waals surface area contributed by atoms with Crippen molar-refractivity contribution in [2.75, 3.05) is 42.5 Å². The van der Waals surface area contributed by atoms with Gasteiger partial charge in [-0.3, -0.25) is 4.90 Å². The number of ether oxygens (including phenoxy) is 2. The van der Waals surface area contributed by atoms with E-state index in [1.54, 1.807) is 9.80 Å². The Bertz CT molecular complexity index is 963. The van der Waals surface area contributed by atoms with Gasteiger partial charge >= 0.3 is 12.2 Å². The Kier molecular flexibility index (Phi) is 6.26. The molecule has 0 bridgehead atoms. The van der Waals surface area contributed by atoms with Crippen LogP contribution in [0.15, 0.2) is 48.5 Å². The zero-order valence-corrected chi connectivity index (χ0v) is 19.0. The van der Waals surface area contributed by atoms with Crippen molar-refractivity contribution in [3.05, 3.63) is 59.7 Å². The van der Waals surface area contributed by atoms with Crippen molar-refractivity contribution in [1.82, 2.24) is 4.90 Å². The van der Waals surface area contributed by atoms with Gasteiger partial charge in [-0.25, -0.2) is 9.59 Å². The summed E-state index contributed by atoms with van der Waals surface area (Å²) in [6.07, 6.45) is 0.209. The highest BCUT2D eigenvalue weighted by Crippen LogP contribution is 2.36. The number of rotatable bonds is 3. The third-order valence-corrected chi connectivity index (χ3v) is 5.70. The van der Waals surface area contributed by atoms with Crippen LogP contribution in [-0.4, -0.2) is 55.4 Å². The van der Waals surface area contributed by atoms with Crippen molar-refractivity contribution in [1.29, 1.82) is 0 Å². The van der Waals surface area contributed by atoms with E-state index in [4.69, 9.17) is 9.47 Å². The third kappa shape index (κ3) is 4.98. The Balaban J connectivity index is 1.39. The standard InChI is InChI=1S/C25H31N3O4/c1-25(2,3)32-23(29)27-16-14-26(15-17-27)21-10-7-11-22-20(21)12-13-28(22)24(30)31-18-19-8-5-4-6-9-19/h4-11H,12-18H2,1-3H3. The van der Waals surface area contributed by atoms with E-state index in [0.717, 1.165) is 42.0 Å². The van der Waals surface area contributed by atoms with Crippen LogP contribution in [0.4, 0.5) is 21.0 Å². The molecule has 2 heterocycles. The van der Waals surface area contributed by atoms with Gasteiger partial charge in [0.25, 0.3) is 0 Å². The van der Waals surface area contributed by atoms with E-state index in [2.05, 4.69) is 11.0 Å². The lowest BCUT2D eigenvalue weighted by atomic mass is 10.1. The molecule has 7 nitrogen and oxygen atoms in total. The summed E-state index contributed by atoms with van der Waals surface area (Å²) in [6, 6.07) is 15.8. The fourth-order valence-corrected chi connectivity index (χ4v) is 4.16. The lowest BCUT2D eigenvalue weighted by Gasteiger charge is -2.37. The minimum atomic E-state index is -0.493. The molecule has 2 aromatic carbocycles. The molecule has 7 heteroatoms. The van der Waals surface area contributed by atoms with E-state index in [-0.39, 0.29) is 18.8 Å². The Morgan fingerprint density at radius 2 is 1.53 bits per heavy atom. The maximum Gasteiger partial charge on any atom is 0.414 e. The normalized spacial score (nSPS) is 16.0. The van der Waals surface area contributed by atoms with Gasteiger partial charge in [0.15, 0.2) is 0 Å². The summed E-state index contributed by atoms with van der Waals surface area (Å²) in [5, 5.41) is 0. The molecule has 0 radical (unpaired) electrons. The summed E-state index contributed by atoms with van der Waals surface area (Å²) < 4.78 is 11.0. The van der Waals surface area contributed by atoms with Crippen molar-refractivity contribution >= 4 is 23.6 Å². The number of carbonyl (C=O) groups excluding carboxylic acids is 2. The number of fused-ring (bicyclic) bond motifs is 1. The second-order valence-corrected chi connectivity index (χ2v) is 9.17. The van der Waals surface area contributed by atoms with Gasteiger partial charge in [-0.05, 0) is 44.9 Å². The first-order valence-corrected chi connectivity index (χ1v) is 11.1. The molecule has 0 N–H and O–H groups in total. The molecule has 0 spiro atoms. The van der Waals surface area contributed by atoms with Crippen molar-refractivity contribution < 1.29 is 19.1 Å². The van der Waals surface area contributed by atoms with Gasteiger partial charge in [0.05, 0.1) is 5.69 Å². The van der Waals surface area contributed by atoms with E-state index < -0.39 is 5.60 Å². The minimum Gasteiger partial charge on any atom is -0.444 e. The molecule has 0 unspecified atom stereocenters. The first-order valence-electron chi connectivity index (χ1n) is 11.1. The number of piperazine rings is 1. The molecule has 2 aromatic rings. The molecule has 0 atom stereocenters. The molecular formula is C25H31N3O4. The molecule has 0 aromatic heterocycles. The zero-order chi connectivity index (χ0) is 22.7. The van der Waals surface area contributed by atoms with Gasteiger partial charge in [-0.1, -0.05) is 36.4 Å². The van der Waals surface area contributed by atoms with Gasteiger partial charge < -0.3 is 19.3 Å². The fourth-order valence-electron chi connectivity index (χ4n) is 4.16. The SMILES string of the molecule is CC(C)(C)OC(=O)N1CCN(c2cccc3c2CCN3C(=O)OCc2ccccc2)CC1. The largest absolute Gasteiger partial charge is 0.444 e. The van der Waals surface area contributed by atoms with E-state index >= 15 is 0 Å². The van der Waals surface area contributed by atoms with E-state index in [1.165, 1.54) is 0 Å². The number of hydrogen-bond donors (Lipinski definition) is 0. The number of carbonyl (C=O) groups is 2. The summed E-state index contributed by atoms with van der Waals surface area (Å²) in [5.41, 5.74) is 3.68. The molecule has 170 valence electrons. The van der Waals surface area contributed by atoms with Crippen LogP contribution in [0, 0.1) is 0 Å². The quantitative estimate of drug-likeness (QED) is 0.710. The highest BCUT2D eigenvalue weighted by Gasteiger charge is 2.31. The lowest BCUT2D eigenvalue weighted by Crippen LogP contribution is -2.50. The topological polar surface area (TPSA) is 62.3 Å². The highest BCUT2D eigenvalue weighted by atomic mass is 16.6. The molecule has 0 aliphatic carbocycles. The molecule has 1 fully saturated rings. The van der Waals surface area contributed by atoms with Crippen molar-refractivity contribution in [3.8, 4) is 0 Å². The fraction of sp³-hybridized carbons (Fsp3) is 0.440. The molecule has 2 amide bonds. The summed E-state index contributed by atoms with van der Waals surface area (Å²) in [7, 11) is 0. The summed E-state index contributed by atoms with van der Waals surface area (Å²) in [4.78, 5) is 30.9. The van der Waals surface area contributed by atoms with Crippen LogP contribution in [0.3, 0.4) is 0 Å². The lowest BCUT2D eigenvalue weighted by molar-refractivity contribution is 0.0240. The minimum absolute atomic E-state index is 0.261. The highest BCUT2D eigenvalue weighted by molar-refractivity contribution is 5.92. The molecule has 32 heavy (non-hydrogen) atoms. The molecule has 2 aliphatic heterocycles. The molecule has 1 saturated heterocycles. The number of hydrogen-bond acceptors (Lipinski definition) is 5. The summed E-state index contributed by atoms with van der Waals surface area (Å²) >= 11 is 0. The van der Waals surface area contributed by atoms with Crippen LogP contribution < -0.4 is 9.80 Å². The van der Waals surface area contributed by atoms with Crippen LogP contribution in [0.1, 0.15) is 31.9 Å². The van der Waals surface area contributed by atoms with Crippen molar-refractivity contribution in [2.24, 2.45) is 0 Å². The van der Waals surface area contributed by atoms with Crippen LogP contribution >= 0.6 is 0 Å². The Hall–Kier alpha value is -3.22. The van der Waals surface area contributed by atoms with Crippen LogP contribution in [0.2, 0.25) is 0 Å². The smallest absolute Gasteiger partial charge is 0.414 e. The molecule has 0 saturated carbocycles. The molecule has 2 aliphatic rings. The summed E-state index contributed by atoms with van der Waals surface area (Å²) in [6.45, 7) is 9.20. The predicted octanol–water partition coefficient (Wildman–Crippen LogP) is 4.44. The number of anilines is 2.